The number of carbonyl (C=O) groups excluding carboxylic acids is 1. The molecule has 0 atom stereocenters. The number of nitrogens with zero attached hydrogens (tertiary/aromatic N) is 5. The van der Waals surface area contributed by atoms with Crippen molar-refractivity contribution in [2.24, 2.45) is 0 Å². The summed E-state index contributed by atoms with van der Waals surface area (Å²) < 4.78 is 7.88. The van der Waals surface area contributed by atoms with Crippen LogP contribution in [0.2, 0.25) is 0 Å². The van der Waals surface area contributed by atoms with E-state index in [1.165, 1.54) is 11.8 Å². The van der Waals surface area contributed by atoms with E-state index in [-0.39, 0.29) is 17.9 Å². The monoisotopic (exact) mass is 385 g/mol. The number of aromatic nitrogens is 4. The zero-order chi connectivity index (χ0) is 18.8. The Balaban J connectivity index is 1.32. The summed E-state index contributed by atoms with van der Waals surface area (Å²) in [6, 6.07) is 8.11. The van der Waals surface area contributed by atoms with Crippen LogP contribution >= 0.6 is 11.8 Å². The number of carbonyl (C=O) groups is 1. The molecule has 0 unspecified atom stereocenters. The van der Waals surface area contributed by atoms with E-state index in [0.717, 1.165) is 48.1 Å². The number of rotatable bonds is 5. The molecule has 3 aromatic rings. The minimum absolute atomic E-state index is 0.148. The number of hydrogen-bond acceptors (Lipinski definition) is 6. The summed E-state index contributed by atoms with van der Waals surface area (Å²) in [5, 5.41) is 8.85. The van der Waals surface area contributed by atoms with Gasteiger partial charge in [-0.15, -0.1) is 10.2 Å². The van der Waals surface area contributed by atoms with Gasteiger partial charge in [-0.1, -0.05) is 23.9 Å². The molecule has 1 aliphatic heterocycles. The van der Waals surface area contributed by atoms with E-state index in [0.29, 0.717) is 5.75 Å². The Kier molecular flexibility index (Phi) is 5.15. The molecule has 1 aliphatic rings. The molecular formula is C19H23N5O2S. The Morgan fingerprint density at radius 2 is 2.07 bits per heavy atom. The molecule has 3 heterocycles. The summed E-state index contributed by atoms with van der Waals surface area (Å²) in [6.45, 7) is 5.62. The molecule has 1 amide bonds. The number of fused-ring (bicyclic) bond motifs is 1. The predicted molar refractivity (Wildman–Crippen MR) is 104 cm³/mol. The summed E-state index contributed by atoms with van der Waals surface area (Å²) in [6.07, 6.45) is 3.47. The maximum absolute atomic E-state index is 12.6. The molecule has 1 fully saturated rings. The molecule has 1 aromatic carbocycles. The SMILES string of the molecule is CC(C)n1cnnc1SCC(=O)N1CCC(c2nc3ccccc3o2)CC1. The minimum Gasteiger partial charge on any atom is -0.440 e. The van der Waals surface area contributed by atoms with Gasteiger partial charge < -0.3 is 13.9 Å². The number of benzene rings is 1. The summed E-state index contributed by atoms with van der Waals surface area (Å²) in [7, 11) is 0. The topological polar surface area (TPSA) is 77.1 Å². The van der Waals surface area contributed by atoms with Gasteiger partial charge in [-0.05, 0) is 38.8 Å². The second-order valence-corrected chi connectivity index (χ2v) is 8.02. The Hall–Kier alpha value is -2.35. The molecule has 2 aromatic heterocycles. The highest BCUT2D eigenvalue weighted by atomic mass is 32.2. The zero-order valence-corrected chi connectivity index (χ0v) is 16.4. The van der Waals surface area contributed by atoms with Crippen LogP contribution in [0.3, 0.4) is 0 Å². The van der Waals surface area contributed by atoms with Gasteiger partial charge >= 0.3 is 0 Å². The lowest BCUT2D eigenvalue weighted by Gasteiger charge is -2.30. The number of likely N-dealkylation sites (tertiary alicyclic amines) is 1. The Morgan fingerprint density at radius 3 is 2.81 bits per heavy atom. The molecule has 142 valence electrons. The lowest BCUT2D eigenvalue weighted by Crippen LogP contribution is -2.39. The van der Waals surface area contributed by atoms with Crippen molar-refractivity contribution in [3.63, 3.8) is 0 Å². The van der Waals surface area contributed by atoms with Crippen molar-refractivity contribution in [3.8, 4) is 0 Å². The molecule has 4 rings (SSSR count). The molecule has 1 saturated heterocycles. The number of thioether (sulfide) groups is 1. The van der Waals surface area contributed by atoms with E-state index < -0.39 is 0 Å². The molecule has 27 heavy (non-hydrogen) atoms. The van der Waals surface area contributed by atoms with Gasteiger partial charge in [0.2, 0.25) is 5.91 Å². The first-order valence-electron chi connectivity index (χ1n) is 9.27. The van der Waals surface area contributed by atoms with Crippen molar-refractivity contribution in [1.82, 2.24) is 24.6 Å². The third-order valence-corrected chi connectivity index (χ3v) is 5.87. The zero-order valence-electron chi connectivity index (χ0n) is 15.5. The Morgan fingerprint density at radius 1 is 1.30 bits per heavy atom. The van der Waals surface area contributed by atoms with Gasteiger partial charge in [-0.25, -0.2) is 4.98 Å². The highest BCUT2D eigenvalue weighted by Crippen LogP contribution is 2.30. The summed E-state index contributed by atoms with van der Waals surface area (Å²) >= 11 is 1.45. The van der Waals surface area contributed by atoms with E-state index in [9.17, 15) is 4.79 Å². The number of para-hydroxylation sites is 2. The van der Waals surface area contributed by atoms with Gasteiger partial charge in [0.05, 0.1) is 5.75 Å². The third kappa shape index (κ3) is 3.85. The van der Waals surface area contributed by atoms with Crippen LogP contribution < -0.4 is 0 Å². The smallest absolute Gasteiger partial charge is 0.233 e. The van der Waals surface area contributed by atoms with Gasteiger partial charge in [-0.2, -0.15) is 0 Å². The fourth-order valence-corrected chi connectivity index (χ4v) is 4.29. The van der Waals surface area contributed by atoms with Crippen molar-refractivity contribution in [3.05, 3.63) is 36.5 Å². The normalized spacial score (nSPS) is 15.7. The molecule has 7 nitrogen and oxygen atoms in total. The quantitative estimate of drug-likeness (QED) is 0.626. The number of hydrogen-bond donors (Lipinski definition) is 0. The predicted octanol–water partition coefficient (Wildman–Crippen LogP) is 3.50. The van der Waals surface area contributed by atoms with Crippen molar-refractivity contribution in [1.29, 1.82) is 0 Å². The fraction of sp³-hybridized carbons (Fsp3) is 0.474. The number of piperidine rings is 1. The fourth-order valence-electron chi connectivity index (χ4n) is 3.35. The third-order valence-electron chi connectivity index (χ3n) is 4.93. The van der Waals surface area contributed by atoms with Crippen LogP contribution in [0, 0.1) is 0 Å². The summed E-state index contributed by atoms with van der Waals surface area (Å²) in [4.78, 5) is 19.1. The molecule has 0 radical (unpaired) electrons. The van der Waals surface area contributed by atoms with Crippen molar-refractivity contribution in [2.45, 2.75) is 43.8 Å². The van der Waals surface area contributed by atoms with Crippen LogP contribution in [0.1, 0.15) is 44.5 Å². The number of oxazole rings is 1. The largest absolute Gasteiger partial charge is 0.440 e. The first kappa shape index (κ1) is 18.0. The number of amides is 1. The minimum atomic E-state index is 0.148. The van der Waals surface area contributed by atoms with Crippen molar-refractivity contribution in [2.75, 3.05) is 18.8 Å². The average molecular weight is 385 g/mol. The van der Waals surface area contributed by atoms with Crippen LogP contribution in [0.25, 0.3) is 11.1 Å². The first-order valence-corrected chi connectivity index (χ1v) is 10.3. The van der Waals surface area contributed by atoms with E-state index in [4.69, 9.17) is 4.42 Å². The lowest BCUT2D eigenvalue weighted by atomic mass is 9.97. The average Bonchev–Trinajstić information content (AvgIpc) is 3.33. The summed E-state index contributed by atoms with van der Waals surface area (Å²) in [5.41, 5.74) is 1.73. The molecule has 0 aliphatic carbocycles. The van der Waals surface area contributed by atoms with Gasteiger partial charge in [0.1, 0.15) is 11.8 Å². The highest BCUT2D eigenvalue weighted by molar-refractivity contribution is 7.99. The van der Waals surface area contributed by atoms with E-state index in [1.807, 2.05) is 33.7 Å². The standard InChI is InChI=1S/C19H23N5O2S/c1-13(2)24-12-20-22-19(24)27-11-17(25)23-9-7-14(8-10-23)18-21-15-5-3-4-6-16(15)26-18/h3-6,12-14H,7-11H2,1-2H3. The first-order chi connectivity index (χ1) is 13.1. The van der Waals surface area contributed by atoms with Gasteiger partial charge in [0.15, 0.2) is 16.6 Å². The van der Waals surface area contributed by atoms with E-state index in [1.54, 1.807) is 6.33 Å². The molecule has 0 bridgehead atoms. The second-order valence-electron chi connectivity index (χ2n) is 7.08. The maximum atomic E-state index is 12.6. The van der Waals surface area contributed by atoms with Crippen LogP contribution in [0.15, 0.2) is 40.2 Å². The van der Waals surface area contributed by atoms with E-state index >= 15 is 0 Å². The molecule has 0 N–H and O–H groups in total. The molecule has 0 saturated carbocycles. The van der Waals surface area contributed by atoms with Crippen molar-refractivity contribution >= 4 is 28.8 Å². The van der Waals surface area contributed by atoms with Crippen LogP contribution in [0.5, 0.6) is 0 Å². The maximum Gasteiger partial charge on any atom is 0.233 e. The van der Waals surface area contributed by atoms with Gasteiger partial charge in [0.25, 0.3) is 0 Å². The Labute approximate surface area is 162 Å². The lowest BCUT2D eigenvalue weighted by molar-refractivity contribution is -0.129. The molecule has 0 spiro atoms. The van der Waals surface area contributed by atoms with E-state index in [2.05, 4.69) is 29.0 Å². The Bertz CT molecular complexity index is 894. The van der Waals surface area contributed by atoms with Gasteiger partial charge in [0, 0.05) is 25.0 Å². The second kappa shape index (κ2) is 7.72. The molecule has 8 heteroatoms. The molecular weight excluding hydrogens is 362 g/mol. The van der Waals surface area contributed by atoms with Gasteiger partial charge in [-0.3, -0.25) is 4.79 Å². The van der Waals surface area contributed by atoms with Crippen LogP contribution in [0.4, 0.5) is 0 Å². The van der Waals surface area contributed by atoms with Crippen molar-refractivity contribution < 1.29 is 9.21 Å². The van der Waals surface area contributed by atoms with Crippen LogP contribution in [-0.4, -0.2) is 49.4 Å². The highest BCUT2D eigenvalue weighted by Gasteiger charge is 2.27. The van der Waals surface area contributed by atoms with Crippen LogP contribution in [-0.2, 0) is 4.79 Å². The summed E-state index contributed by atoms with van der Waals surface area (Å²) in [5.74, 6) is 1.61.